The maximum Gasteiger partial charge on any atom is 0.261 e. The highest BCUT2D eigenvalue weighted by Crippen LogP contribution is 2.29. The molecule has 2 N–H and O–H groups in total. The van der Waals surface area contributed by atoms with Gasteiger partial charge in [-0.15, -0.1) is 11.8 Å². The topological polar surface area (TPSA) is 75.3 Å². The number of carbonyl (C=O) groups excluding carboxylic acids is 1. The Hall–Kier alpha value is -2.06. The Morgan fingerprint density at radius 2 is 1.88 bits per heavy atom. The number of anilines is 2. The summed E-state index contributed by atoms with van der Waals surface area (Å²) in [6.07, 6.45) is 1.83. The largest absolute Gasteiger partial charge is 0.325 e. The SMILES string of the molecule is CSc1ccc(S(=O)(=O)Nc2cccc(F)c2)cc1NC(=O)C(C)C. The standard InChI is InChI=1S/C17H19FN2O3S2/c1-11(2)17(21)19-15-10-14(7-8-16(15)24-3)25(22,23)20-13-6-4-5-12(18)9-13/h4-11,20H,1-3H3,(H,19,21). The van der Waals surface area contributed by atoms with Crippen LogP contribution in [0.1, 0.15) is 13.8 Å². The number of hydrogen-bond donors (Lipinski definition) is 2. The molecule has 0 aliphatic rings. The fraction of sp³-hybridized carbons (Fsp3) is 0.235. The van der Waals surface area contributed by atoms with Crippen LogP contribution in [0.25, 0.3) is 0 Å². The third-order valence-electron chi connectivity index (χ3n) is 3.34. The van der Waals surface area contributed by atoms with Gasteiger partial charge in [0.15, 0.2) is 0 Å². The van der Waals surface area contributed by atoms with Crippen LogP contribution in [-0.2, 0) is 14.8 Å². The number of benzene rings is 2. The molecule has 0 fully saturated rings. The minimum atomic E-state index is -3.91. The fourth-order valence-corrected chi connectivity index (χ4v) is 3.60. The Balaban J connectivity index is 2.36. The molecule has 2 aromatic carbocycles. The molecule has 2 rings (SSSR count). The van der Waals surface area contributed by atoms with Gasteiger partial charge in [-0.1, -0.05) is 19.9 Å². The zero-order valence-corrected chi connectivity index (χ0v) is 15.7. The number of carbonyl (C=O) groups is 1. The number of thioether (sulfide) groups is 1. The van der Waals surface area contributed by atoms with Crippen molar-refractivity contribution in [3.63, 3.8) is 0 Å². The second kappa shape index (κ2) is 7.88. The van der Waals surface area contributed by atoms with E-state index < -0.39 is 15.8 Å². The Morgan fingerprint density at radius 1 is 1.16 bits per heavy atom. The Morgan fingerprint density at radius 3 is 2.48 bits per heavy atom. The van der Waals surface area contributed by atoms with E-state index in [9.17, 15) is 17.6 Å². The molecule has 0 atom stereocenters. The lowest BCUT2D eigenvalue weighted by Gasteiger charge is -2.14. The van der Waals surface area contributed by atoms with Gasteiger partial charge in [0.2, 0.25) is 5.91 Å². The first kappa shape index (κ1) is 19.3. The lowest BCUT2D eigenvalue weighted by molar-refractivity contribution is -0.118. The van der Waals surface area contributed by atoms with Gasteiger partial charge in [0.25, 0.3) is 10.0 Å². The van der Waals surface area contributed by atoms with Gasteiger partial charge in [0.1, 0.15) is 5.82 Å². The third-order valence-corrected chi connectivity index (χ3v) is 5.52. The lowest BCUT2D eigenvalue weighted by atomic mass is 10.2. The van der Waals surface area contributed by atoms with Crippen molar-refractivity contribution in [1.29, 1.82) is 0 Å². The lowest BCUT2D eigenvalue weighted by Crippen LogP contribution is -2.19. The van der Waals surface area contributed by atoms with Crippen LogP contribution in [0.5, 0.6) is 0 Å². The minimum Gasteiger partial charge on any atom is -0.325 e. The molecule has 8 heteroatoms. The summed E-state index contributed by atoms with van der Waals surface area (Å²) in [7, 11) is -3.91. The van der Waals surface area contributed by atoms with E-state index >= 15 is 0 Å². The Bertz CT molecular complexity index is 883. The predicted molar refractivity (Wildman–Crippen MR) is 98.9 cm³/mol. The van der Waals surface area contributed by atoms with Gasteiger partial charge in [-0.25, -0.2) is 12.8 Å². The van der Waals surface area contributed by atoms with E-state index in [0.29, 0.717) is 5.69 Å². The van der Waals surface area contributed by atoms with E-state index in [1.807, 2.05) is 6.26 Å². The number of halogens is 1. The number of nitrogens with one attached hydrogen (secondary N) is 2. The van der Waals surface area contributed by atoms with Crippen LogP contribution < -0.4 is 10.0 Å². The highest BCUT2D eigenvalue weighted by Gasteiger charge is 2.18. The van der Waals surface area contributed by atoms with Gasteiger partial charge in [-0.3, -0.25) is 9.52 Å². The molecule has 0 saturated heterocycles. The third kappa shape index (κ3) is 4.96. The molecule has 0 unspecified atom stereocenters. The average Bonchev–Trinajstić information content (AvgIpc) is 2.54. The van der Waals surface area contributed by atoms with E-state index in [0.717, 1.165) is 11.0 Å². The molecular weight excluding hydrogens is 363 g/mol. The summed E-state index contributed by atoms with van der Waals surface area (Å²) in [5.41, 5.74) is 0.551. The van der Waals surface area contributed by atoms with Crippen molar-refractivity contribution < 1.29 is 17.6 Å². The summed E-state index contributed by atoms with van der Waals surface area (Å²) in [4.78, 5) is 12.7. The average molecular weight is 382 g/mol. The molecule has 0 spiro atoms. The van der Waals surface area contributed by atoms with Gasteiger partial charge in [0.05, 0.1) is 16.3 Å². The minimum absolute atomic E-state index is 0.0198. The number of rotatable bonds is 6. The molecule has 25 heavy (non-hydrogen) atoms. The van der Waals surface area contributed by atoms with Crippen LogP contribution >= 0.6 is 11.8 Å². The zero-order chi connectivity index (χ0) is 18.6. The van der Waals surface area contributed by atoms with Gasteiger partial charge < -0.3 is 5.32 Å². The van der Waals surface area contributed by atoms with Gasteiger partial charge in [0, 0.05) is 10.8 Å². The summed E-state index contributed by atoms with van der Waals surface area (Å²) in [6, 6.07) is 9.66. The molecule has 0 aliphatic heterocycles. The first-order valence-corrected chi connectivity index (χ1v) is 10.2. The molecule has 134 valence electrons. The molecule has 0 bridgehead atoms. The zero-order valence-electron chi connectivity index (χ0n) is 14.0. The monoisotopic (exact) mass is 382 g/mol. The van der Waals surface area contributed by atoms with E-state index in [-0.39, 0.29) is 22.4 Å². The maximum atomic E-state index is 13.2. The van der Waals surface area contributed by atoms with Crippen molar-refractivity contribution in [1.82, 2.24) is 0 Å². The van der Waals surface area contributed by atoms with Crippen molar-refractivity contribution in [3.8, 4) is 0 Å². The molecule has 0 aliphatic carbocycles. The van der Waals surface area contributed by atoms with E-state index in [1.165, 1.54) is 42.1 Å². The summed E-state index contributed by atoms with van der Waals surface area (Å²) in [5, 5.41) is 2.73. The fourth-order valence-electron chi connectivity index (χ4n) is 2.00. The highest BCUT2D eigenvalue weighted by atomic mass is 32.2. The summed E-state index contributed by atoms with van der Waals surface area (Å²) < 4.78 is 40.6. The van der Waals surface area contributed by atoms with Gasteiger partial charge in [-0.05, 0) is 42.7 Å². The van der Waals surface area contributed by atoms with Crippen LogP contribution in [0, 0.1) is 11.7 Å². The molecule has 0 radical (unpaired) electrons. The molecule has 0 saturated carbocycles. The predicted octanol–water partition coefficient (Wildman–Crippen LogP) is 3.94. The smallest absolute Gasteiger partial charge is 0.261 e. The quantitative estimate of drug-likeness (QED) is 0.742. The highest BCUT2D eigenvalue weighted by molar-refractivity contribution is 7.98. The first-order chi connectivity index (χ1) is 11.7. The number of sulfonamides is 1. The molecule has 1 amide bonds. The Kier molecular flexibility index (Phi) is 6.07. The van der Waals surface area contributed by atoms with Crippen LogP contribution in [0.15, 0.2) is 52.3 Å². The maximum absolute atomic E-state index is 13.2. The van der Waals surface area contributed by atoms with E-state index in [4.69, 9.17) is 0 Å². The van der Waals surface area contributed by atoms with Crippen LogP contribution in [0.4, 0.5) is 15.8 Å². The summed E-state index contributed by atoms with van der Waals surface area (Å²) in [5.74, 6) is -0.980. The van der Waals surface area contributed by atoms with Crippen molar-refractivity contribution in [2.45, 2.75) is 23.6 Å². The molecular formula is C17H19FN2O3S2. The summed E-state index contributed by atoms with van der Waals surface area (Å²) in [6.45, 7) is 3.50. The van der Waals surface area contributed by atoms with Crippen LogP contribution in [0.2, 0.25) is 0 Å². The normalized spacial score (nSPS) is 11.4. The second-order valence-corrected chi connectivity index (χ2v) is 8.15. The van der Waals surface area contributed by atoms with Crippen molar-refractivity contribution in [2.75, 3.05) is 16.3 Å². The molecule has 0 heterocycles. The molecule has 2 aromatic rings. The Labute approximate surface area is 151 Å². The molecule has 5 nitrogen and oxygen atoms in total. The van der Waals surface area contributed by atoms with Gasteiger partial charge in [-0.2, -0.15) is 0 Å². The van der Waals surface area contributed by atoms with Gasteiger partial charge >= 0.3 is 0 Å². The van der Waals surface area contributed by atoms with E-state index in [1.54, 1.807) is 19.9 Å². The number of amides is 1. The first-order valence-electron chi connectivity index (χ1n) is 7.50. The second-order valence-electron chi connectivity index (χ2n) is 5.62. The van der Waals surface area contributed by atoms with Crippen LogP contribution in [-0.4, -0.2) is 20.6 Å². The summed E-state index contributed by atoms with van der Waals surface area (Å²) >= 11 is 1.39. The van der Waals surface area contributed by atoms with Crippen molar-refractivity contribution in [3.05, 3.63) is 48.3 Å². The van der Waals surface area contributed by atoms with Crippen molar-refractivity contribution >= 4 is 39.1 Å². The number of hydrogen-bond acceptors (Lipinski definition) is 4. The van der Waals surface area contributed by atoms with E-state index in [2.05, 4.69) is 10.0 Å². The molecule has 0 aromatic heterocycles. The van der Waals surface area contributed by atoms with Crippen molar-refractivity contribution in [2.24, 2.45) is 5.92 Å². The van der Waals surface area contributed by atoms with Crippen LogP contribution in [0.3, 0.4) is 0 Å².